The molecule has 20 heavy (non-hydrogen) atoms. The lowest BCUT2D eigenvalue weighted by atomic mass is 10.0. The summed E-state index contributed by atoms with van der Waals surface area (Å²) in [5.74, 6) is -2.04. The summed E-state index contributed by atoms with van der Waals surface area (Å²) >= 11 is 0. The first-order valence-corrected chi connectivity index (χ1v) is 5.70. The van der Waals surface area contributed by atoms with Crippen molar-refractivity contribution in [1.29, 1.82) is 0 Å². The van der Waals surface area contributed by atoms with E-state index < -0.39 is 49.4 Å². The van der Waals surface area contributed by atoms with Crippen LogP contribution >= 0.6 is 0 Å². The van der Waals surface area contributed by atoms with Crippen LogP contribution in [0.3, 0.4) is 0 Å². The first kappa shape index (κ1) is 18.5. The highest BCUT2D eigenvalue weighted by atomic mass is 16.4. The maximum absolute atomic E-state index is 11.4. The smallest absolute Gasteiger partial charge is 0.328 e. The molecule has 4 atom stereocenters. The fourth-order valence-corrected chi connectivity index (χ4v) is 1.31. The molecule has 116 valence electrons. The van der Waals surface area contributed by atoms with Gasteiger partial charge in [-0.3, -0.25) is 4.79 Å². The molecule has 0 aromatic carbocycles. The van der Waals surface area contributed by atoms with E-state index >= 15 is 0 Å². The molecule has 0 aliphatic heterocycles. The Morgan fingerprint density at radius 2 is 1.55 bits per heavy atom. The minimum atomic E-state index is -1.78. The van der Waals surface area contributed by atoms with Crippen molar-refractivity contribution in [3.63, 3.8) is 0 Å². The number of hydrogen-bond acceptors (Lipinski definition) is 7. The third-order valence-corrected chi connectivity index (χ3v) is 2.53. The molecule has 0 aromatic rings. The van der Waals surface area contributed by atoms with Crippen LogP contribution in [0.5, 0.6) is 0 Å². The summed E-state index contributed by atoms with van der Waals surface area (Å²) in [6.45, 7) is -1.21. The number of nitrogens with zero attached hydrogens (tertiary/aromatic N) is 1. The molecule has 0 aliphatic carbocycles. The van der Waals surface area contributed by atoms with Crippen molar-refractivity contribution in [2.75, 3.05) is 20.2 Å². The van der Waals surface area contributed by atoms with Crippen molar-refractivity contribution in [1.82, 2.24) is 4.90 Å². The Morgan fingerprint density at radius 1 is 1.05 bits per heavy atom. The Morgan fingerprint density at radius 3 is 2.00 bits per heavy atom. The predicted octanol–water partition coefficient (Wildman–Crippen LogP) is -3.48. The van der Waals surface area contributed by atoms with Crippen LogP contribution in [-0.2, 0) is 9.59 Å². The van der Waals surface area contributed by atoms with Crippen molar-refractivity contribution in [3.05, 3.63) is 12.2 Å². The van der Waals surface area contributed by atoms with Crippen molar-refractivity contribution in [3.8, 4) is 0 Å². The maximum Gasteiger partial charge on any atom is 0.328 e. The molecule has 1 amide bonds. The zero-order valence-electron chi connectivity index (χ0n) is 10.8. The van der Waals surface area contributed by atoms with Gasteiger partial charge in [-0.15, -0.1) is 0 Å². The average molecular weight is 293 g/mol. The molecular weight excluding hydrogens is 274 g/mol. The highest BCUT2D eigenvalue weighted by Crippen LogP contribution is 2.06. The van der Waals surface area contributed by atoms with E-state index in [2.05, 4.69) is 0 Å². The van der Waals surface area contributed by atoms with Gasteiger partial charge in [-0.1, -0.05) is 0 Å². The summed E-state index contributed by atoms with van der Waals surface area (Å²) in [6.07, 6.45) is -5.40. The molecule has 0 saturated carbocycles. The normalized spacial score (nSPS) is 17.5. The highest BCUT2D eigenvalue weighted by molar-refractivity contribution is 5.93. The lowest BCUT2D eigenvalue weighted by Gasteiger charge is -2.28. The van der Waals surface area contributed by atoms with Crippen molar-refractivity contribution in [2.45, 2.75) is 24.4 Å². The van der Waals surface area contributed by atoms with Crippen LogP contribution in [0.15, 0.2) is 12.2 Å². The first-order chi connectivity index (χ1) is 9.20. The van der Waals surface area contributed by atoms with Gasteiger partial charge in [0.15, 0.2) is 0 Å². The van der Waals surface area contributed by atoms with E-state index in [1.54, 1.807) is 0 Å². The number of carboxylic acids is 1. The molecule has 9 heteroatoms. The Balaban J connectivity index is 4.47. The number of aliphatic hydroxyl groups is 5. The molecule has 0 spiro atoms. The van der Waals surface area contributed by atoms with Gasteiger partial charge in [0.05, 0.1) is 6.61 Å². The average Bonchev–Trinajstić information content (AvgIpc) is 2.41. The summed E-state index contributed by atoms with van der Waals surface area (Å²) in [7, 11) is 1.25. The molecule has 0 aromatic heterocycles. The second-order valence-electron chi connectivity index (χ2n) is 4.19. The van der Waals surface area contributed by atoms with Crippen LogP contribution < -0.4 is 0 Å². The Hall–Kier alpha value is -1.52. The minimum Gasteiger partial charge on any atom is -0.478 e. The lowest BCUT2D eigenvalue weighted by molar-refractivity contribution is -0.135. The van der Waals surface area contributed by atoms with E-state index in [0.29, 0.717) is 6.08 Å². The molecule has 0 fully saturated rings. The first-order valence-electron chi connectivity index (χ1n) is 5.70. The van der Waals surface area contributed by atoms with Gasteiger partial charge in [0.2, 0.25) is 5.91 Å². The number of carbonyl (C=O) groups excluding carboxylic acids is 1. The summed E-state index contributed by atoms with van der Waals surface area (Å²) in [5, 5.41) is 54.5. The quantitative estimate of drug-likeness (QED) is 0.252. The molecule has 0 aliphatic rings. The van der Waals surface area contributed by atoms with Crippen LogP contribution in [0, 0.1) is 0 Å². The highest BCUT2D eigenvalue weighted by Gasteiger charge is 2.31. The zero-order valence-corrected chi connectivity index (χ0v) is 10.8. The Bertz CT molecular complexity index is 358. The SMILES string of the molecule is CN(CC(O)C(O)C(O)C(O)CO)C(=O)C=CC(=O)O. The lowest BCUT2D eigenvalue weighted by Crippen LogP contribution is -2.49. The van der Waals surface area contributed by atoms with Crippen molar-refractivity contribution < 1.29 is 40.2 Å². The Kier molecular flexibility index (Phi) is 7.96. The zero-order chi connectivity index (χ0) is 15.9. The molecule has 0 rings (SSSR count). The van der Waals surface area contributed by atoms with Crippen LogP contribution in [0.1, 0.15) is 0 Å². The maximum atomic E-state index is 11.4. The number of hydrogen-bond donors (Lipinski definition) is 6. The number of carbonyl (C=O) groups is 2. The third-order valence-electron chi connectivity index (χ3n) is 2.53. The molecule has 9 nitrogen and oxygen atoms in total. The van der Waals surface area contributed by atoms with Gasteiger partial charge in [-0.2, -0.15) is 0 Å². The van der Waals surface area contributed by atoms with Gasteiger partial charge >= 0.3 is 5.97 Å². The molecular formula is C11H19NO8. The second-order valence-corrected chi connectivity index (χ2v) is 4.19. The van der Waals surface area contributed by atoms with Crippen molar-refractivity contribution >= 4 is 11.9 Å². The van der Waals surface area contributed by atoms with Crippen molar-refractivity contribution in [2.24, 2.45) is 0 Å². The second kappa shape index (κ2) is 8.61. The minimum absolute atomic E-state index is 0.404. The number of aliphatic carboxylic acids is 1. The topological polar surface area (TPSA) is 159 Å². The summed E-state index contributed by atoms with van der Waals surface area (Å²) in [5.41, 5.74) is 0. The number of rotatable bonds is 8. The summed E-state index contributed by atoms with van der Waals surface area (Å²) in [6, 6.07) is 0. The molecule has 6 N–H and O–H groups in total. The number of aliphatic hydroxyl groups excluding tert-OH is 5. The third kappa shape index (κ3) is 6.08. The van der Waals surface area contributed by atoms with E-state index in [9.17, 15) is 24.9 Å². The largest absolute Gasteiger partial charge is 0.478 e. The van der Waals surface area contributed by atoms with Crippen LogP contribution in [0.2, 0.25) is 0 Å². The van der Waals surface area contributed by atoms with E-state index in [-0.39, 0.29) is 0 Å². The number of carboxylic acid groups (broad SMARTS) is 1. The summed E-state index contributed by atoms with van der Waals surface area (Å²) < 4.78 is 0. The van der Waals surface area contributed by atoms with E-state index in [1.807, 2.05) is 0 Å². The molecule has 4 unspecified atom stereocenters. The van der Waals surface area contributed by atoms with Gasteiger partial charge in [0.25, 0.3) is 0 Å². The van der Waals surface area contributed by atoms with E-state index in [4.69, 9.17) is 15.3 Å². The standard InChI is InChI=1S/C11H19NO8/c1-12(8(16)2-3-9(17)18)4-6(14)10(19)11(20)7(15)5-13/h2-3,6-7,10-11,13-15,19-20H,4-5H2,1H3,(H,17,18). The van der Waals surface area contributed by atoms with Crippen LogP contribution in [0.25, 0.3) is 0 Å². The van der Waals surface area contributed by atoms with Crippen LogP contribution in [0.4, 0.5) is 0 Å². The summed E-state index contributed by atoms with van der Waals surface area (Å²) in [4.78, 5) is 22.5. The predicted molar refractivity (Wildman–Crippen MR) is 65.5 cm³/mol. The van der Waals surface area contributed by atoms with Gasteiger partial charge in [-0.25, -0.2) is 4.79 Å². The fraction of sp³-hybridized carbons (Fsp3) is 0.636. The van der Waals surface area contributed by atoms with E-state index in [1.165, 1.54) is 7.05 Å². The van der Waals surface area contributed by atoms with Gasteiger partial charge in [-0.05, 0) is 0 Å². The fourth-order valence-electron chi connectivity index (χ4n) is 1.31. The number of likely N-dealkylation sites (N-methyl/N-ethyl adjacent to an activating group) is 1. The van der Waals surface area contributed by atoms with Gasteiger partial charge < -0.3 is 35.5 Å². The van der Waals surface area contributed by atoms with Crippen LogP contribution in [-0.4, -0.2) is 92.0 Å². The molecule has 0 saturated heterocycles. The molecule has 0 heterocycles. The van der Waals surface area contributed by atoms with Gasteiger partial charge in [0.1, 0.15) is 24.4 Å². The number of amides is 1. The Labute approximate surface area is 115 Å². The monoisotopic (exact) mass is 293 g/mol. The molecule has 0 bridgehead atoms. The van der Waals surface area contributed by atoms with Gasteiger partial charge in [0, 0.05) is 25.7 Å². The molecule has 0 radical (unpaired) electrons. The van der Waals surface area contributed by atoms with E-state index in [0.717, 1.165) is 11.0 Å².